The number of ether oxygens (including phenoxy) is 1. The molecule has 10 nitrogen and oxygen atoms in total. The van der Waals surface area contributed by atoms with Crippen molar-refractivity contribution in [3.8, 4) is 0 Å². The maximum atomic E-state index is 14.0. The van der Waals surface area contributed by atoms with Crippen LogP contribution in [0.25, 0.3) is 11.3 Å². The van der Waals surface area contributed by atoms with Gasteiger partial charge in [0.05, 0.1) is 35.6 Å². The van der Waals surface area contributed by atoms with Gasteiger partial charge < -0.3 is 15.4 Å². The van der Waals surface area contributed by atoms with E-state index in [-0.39, 0.29) is 16.5 Å². The first kappa shape index (κ1) is 18.1. The zero-order valence-corrected chi connectivity index (χ0v) is 15.5. The Balaban J connectivity index is 1.64. The number of hydrogen-bond donors (Lipinski definition) is 2. The van der Waals surface area contributed by atoms with Crippen molar-refractivity contribution < 1.29 is 13.9 Å². The number of fused-ring (bicyclic) bond motifs is 2. The summed E-state index contributed by atoms with van der Waals surface area (Å²) >= 11 is 5.96. The maximum absolute atomic E-state index is 14.0. The highest BCUT2D eigenvalue weighted by Gasteiger charge is 2.19. The third-order valence-corrected chi connectivity index (χ3v) is 4.25. The topological polar surface area (TPSA) is 111 Å². The fourth-order valence-electron chi connectivity index (χ4n) is 2.76. The lowest BCUT2D eigenvalue weighted by Gasteiger charge is -2.17. The standard InChI is InChI=1S/C16H14ClFN8O2/c1-8(28-2)14-11(5-19-13-4-12(17)24-26(13)14)23-16(27)22-9-3-10(18)15-20-7-21-25(15)6-9/h3-8H,1-2H3,(H2,22,23,27)/t8-/m0/s1. The summed E-state index contributed by atoms with van der Waals surface area (Å²) in [6, 6.07) is 2.13. The number of anilines is 2. The lowest BCUT2D eigenvalue weighted by atomic mass is 10.2. The molecule has 28 heavy (non-hydrogen) atoms. The van der Waals surface area contributed by atoms with Crippen LogP contribution in [-0.4, -0.2) is 42.3 Å². The molecule has 0 aliphatic rings. The van der Waals surface area contributed by atoms with Crippen molar-refractivity contribution >= 4 is 40.3 Å². The smallest absolute Gasteiger partial charge is 0.323 e. The molecular weight excluding hydrogens is 391 g/mol. The van der Waals surface area contributed by atoms with Gasteiger partial charge in [0.1, 0.15) is 6.33 Å². The van der Waals surface area contributed by atoms with Gasteiger partial charge in [0, 0.05) is 19.2 Å². The molecule has 0 spiro atoms. The first-order valence-corrected chi connectivity index (χ1v) is 8.48. The molecule has 1 atom stereocenters. The number of urea groups is 1. The molecule has 144 valence electrons. The van der Waals surface area contributed by atoms with Crippen LogP contribution in [0.1, 0.15) is 18.7 Å². The fourth-order valence-corrected chi connectivity index (χ4v) is 2.93. The van der Waals surface area contributed by atoms with E-state index in [9.17, 15) is 9.18 Å². The highest BCUT2D eigenvalue weighted by molar-refractivity contribution is 6.29. The van der Waals surface area contributed by atoms with Crippen LogP contribution < -0.4 is 10.6 Å². The Morgan fingerprint density at radius 1 is 1.32 bits per heavy atom. The van der Waals surface area contributed by atoms with Gasteiger partial charge in [0.15, 0.2) is 22.3 Å². The van der Waals surface area contributed by atoms with E-state index in [2.05, 4.69) is 30.8 Å². The van der Waals surface area contributed by atoms with Crippen LogP contribution in [0.2, 0.25) is 5.15 Å². The number of aromatic nitrogens is 6. The summed E-state index contributed by atoms with van der Waals surface area (Å²) in [4.78, 5) is 20.5. The van der Waals surface area contributed by atoms with Crippen molar-refractivity contribution in [1.29, 1.82) is 0 Å². The lowest BCUT2D eigenvalue weighted by Crippen LogP contribution is -2.22. The molecule has 0 fully saturated rings. The van der Waals surface area contributed by atoms with Gasteiger partial charge in [-0.2, -0.15) is 10.2 Å². The van der Waals surface area contributed by atoms with Crippen LogP contribution in [0.5, 0.6) is 0 Å². The molecule has 0 aliphatic carbocycles. The average Bonchev–Trinajstić information content (AvgIpc) is 3.26. The number of nitrogens with one attached hydrogen (secondary N) is 2. The van der Waals surface area contributed by atoms with Crippen molar-refractivity contribution in [1.82, 2.24) is 29.2 Å². The van der Waals surface area contributed by atoms with Gasteiger partial charge in [-0.25, -0.2) is 28.2 Å². The number of pyridine rings is 1. The van der Waals surface area contributed by atoms with E-state index in [0.717, 1.165) is 6.07 Å². The summed E-state index contributed by atoms with van der Waals surface area (Å²) < 4.78 is 22.1. The highest BCUT2D eigenvalue weighted by Crippen LogP contribution is 2.26. The summed E-state index contributed by atoms with van der Waals surface area (Å²) in [7, 11) is 1.53. The molecule has 0 unspecified atom stereocenters. The van der Waals surface area contributed by atoms with E-state index in [1.807, 2.05) is 0 Å². The number of rotatable bonds is 4. The minimum absolute atomic E-state index is 0.0624. The number of carbonyl (C=O) groups is 1. The van der Waals surface area contributed by atoms with E-state index in [0.29, 0.717) is 17.0 Å². The lowest BCUT2D eigenvalue weighted by molar-refractivity contribution is 0.114. The van der Waals surface area contributed by atoms with Crippen LogP contribution in [0.4, 0.5) is 20.6 Å². The van der Waals surface area contributed by atoms with E-state index in [1.165, 1.54) is 34.9 Å². The molecule has 0 bridgehead atoms. The Morgan fingerprint density at radius 2 is 2.14 bits per heavy atom. The largest absolute Gasteiger partial charge is 0.375 e. The number of carbonyl (C=O) groups excluding carboxylic acids is 1. The third kappa shape index (κ3) is 3.21. The van der Waals surface area contributed by atoms with Crippen molar-refractivity contribution in [2.75, 3.05) is 17.7 Å². The predicted octanol–water partition coefficient (Wildman–Crippen LogP) is 2.92. The molecule has 0 saturated carbocycles. The Morgan fingerprint density at radius 3 is 2.93 bits per heavy atom. The summed E-state index contributed by atoms with van der Waals surface area (Å²) in [6.07, 6.45) is 3.72. The number of halogens is 2. The first-order valence-electron chi connectivity index (χ1n) is 8.10. The SMILES string of the molecule is CO[C@@H](C)c1c(NC(=O)Nc2cc(F)c3ncnn3c2)cnc2cc(Cl)nn12. The Hall–Kier alpha value is -3.31. The van der Waals surface area contributed by atoms with E-state index < -0.39 is 18.0 Å². The molecule has 0 aromatic carbocycles. The Labute approximate surface area is 162 Å². The van der Waals surface area contributed by atoms with Crippen LogP contribution in [0, 0.1) is 5.82 Å². The molecule has 2 amide bonds. The predicted molar refractivity (Wildman–Crippen MR) is 99.0 cm³/mol. The first-order chi connectivity index (χ1) is 13.5. The van der Waals surface area contributed by atoms with Crippen LogP contribution in [0.3, 0.4) is 0 Å². The molecule has 0 radical (unpaired) electrons. The number of amides is 2. The van der Waals surface area contributed by atoms with Gasteiger partial charge in [-0.05, 0) is 6.92 Å². The van der Waals surface area contributed by atoms with Crippen molar-refractivity contribution in [3.05, 3.63) is 47.5 Å². The van der Waals surface area contributed by atoms with Crippen molar-refractivity contribution in [2.24, 2.45) is 0 Å². The van der Waals surface area contributed by atoms with Crippen LogP contribution in [0.15, 0.2) is 30.9 Å². The number of methoxy groups -OCH3 is 1. The van der Waals surface area contributed by atoms with Gasteiger partial charge in [0.2, 0.25) is 0 Å². The average molecular weight is 405 g/mol. The molecule has 4 aromatic rings. The van der Waals surface area contributed by atoms with Gasteiger partial charge in [-0.15, -0.1) is 0 Å². The Bertz CT molecular complexity index is 1190. The zero-order chi connectivity index (χ0) is 19.8. The minimum atomic E-state index is -0.613. The second-order valence-electron chi connectivity index (χ2n) is 5.86. The molecule has 2 N–H and O–H groups in total. The summed E-state index contributed by atoms with van der Waals surface area (Å²) in [6.45, 7) is 1.79. The number of nitrogens with zero attached hydrogens (tertiary/aromatic N) is 6. The molecule has 12 heteroatoms. The van der Waals surface area contributed by atoms with Gasteiger partial charge in [-0.3, -0.25) is 0 Å². The molecule has 4 rings (SSSR count). The third-order valence-electron chi connectivity index (χ3n) is 4.07. The number of hydrogen-bond acceptors (Lipinski definition) is 6. The molecule has 0 aliphatic heterocycles. The van der Waals surface area contributed by atoms with Gasteiger partial charge >= 0.3 is 6.03 Å². The van der Waals surface area contributed by atoms with Crippen molar-refractivity contribution in [2.45, 2.75) is 13.0 Å². The second-order valence-corrected chi connectivity index (χ2v) is 6.24. The molecule has 0 saturated heterocycles. The van der Waals surface area contributed by atoms with Crippen molar-refractivity contribution in [3.63, 3.8) is 0 Å². The normalized spacial score (nSPS) is 12.4. The minimum Gasteiger partial charge on any atom is -0.375 e. The van der Waals surface area contributed by atoms with Gasteiger partial charge in [0.25, 0.3) is 0 Å². The molecule has 4 heterocycles. The monoisotopic (exact) mass is 404 g/mol. The second kappa shape index (κ2) is 7.02. The van der Waals surface area contributed by atoms with Crippen LogP contribution >= 0.6 is 11.6 Å². The molecule has 4 aromatic heterocycles. The fraction of sp³-hybridized carbons (Fsp3) is 0.188. The zero-order valence-electron chi connectivity index (χ0n) is 14.7. The van der Waals surface area contributed by atoms with E-state index in [1.54, 1.807) is 13.0 Å². The van der Waals surface area contributed by atoms with Crippen LogP contribution in [-0.2, 0) is 4.74 Å². The quantitative estimate of drug-likeness (QED) is 0.541. The van der Waals surface area contributed by atoms with E-state index in [4.69, 9.17) is 16.3 Å². The van der Waals surface area contributed by atoms with E-state index >= 15 is 0 Å². The highest BCUT2D eigenvalue weighted by atomic mass is 35.5. The summed E-state index contributed by atoms with van der Waals surface area (Å²) in [5, 5.41) is 13.5. The maximum Gasteiger partial charge on any atom is 0.323 e. The summed E-state index contributed by atoms with van der Waals surface area (Å²) in [5.41, 5.74) is 1.68. The summed E-state index contributed by atoms with van der Waals surface area (Å²) in [5.74, 6) is -0.613. The van der Waals surface area contributed by atoms with Gasteiger partial charge in [-0.1, -0.05) is 11.6 Å². The Kier molecular flexibility index (Phi) is 4.53. The molecular formula is C16H14ClFN8O2.